The van der Waals surface area contributed by atoms with Gasteiger partial charge in [-0.25, -0.2) is 0 Å². The summed E-state index contributed by atoms with van der Waals surface area (Å²) in [4.78, 5) is 27.1. The molecule has 0 saturated carbocycles. The molecule has 3 rings (SSSR count). The van der Waals surface area contributed by atoms with Gasteiger partial charge in [0.05, 0.1) is 19.0 Å². The molecule has 2 atom stereocenters. The first-order valence-electron chi connectivity index (χ1n) is 8.45. The second-order valence-electron chi connectivity index (χ2n) is 6.18. The summed E-state index contributed by atoms with van der Waals surface area (Å²) in [6, 6.07) is 6.25. The minimum Gasteiger partial charge on any atom is -0.495 e. The zero-order valence-electron chi connectivity index (χ0n) is 15.5. The first-order valence-corrected chi connectivity index (χ1v) is 8.45. The summed E-state index contributed by atoms with van der Waals surface area (Å²) in [6.07, 6.45) is 3.96. The van der Waals surface area contributed by atoms with E-state index in [1.807, 2.05) is 24.3 Å². The van der Waals surface area contributed by atoms with Gasteiger partial charge >= 0.3 is 0 Å². The van der Waals surface area contributed by atoms with Crippen molar-refractivity contribution < 1.29 is 14.3 Å². The number of carbonyl (C=O) groups is 2. The van der Waals surface area contributed by atoms with E-state index in [4.69, 9.17) is 4.74 Å². The number of para-hydroxylation sites is 2. The third-order valence-electron chi connectivity index (χ3n) is 4.51. The third kappa shape index (κ3) is 4.23. The van der Waals surface area contributed by atoms with Crippen molar-refractivity contribution in [2.24, 2.45) is 7.05 Å². The van der Waals surface area contributed by atoms with Crippen LogP contribution in [0.15, 0.2) is 36.7 Å². The molecular formula is C18H24ClN5O3. The lowest BCUT2D eigenvalue weighted by molar-refractivity contribution is -0.127. The summed E-state index contributed by atoms with van der Waals surface area (Å²) >= 11 is 0. The zero-order chi connectivity index (χ0) is 18.7. The predicted octanol–water partition coefficient (Wildman–Crippen LogP) is 1.03. The molecule has 0 bridgehead atoms. The van der Waals surface area contributed by atoms with E-state index >= 15 is 0 Å². The Morgan fingerprint density at radius 2 is 2.11 bits per heavy atom. The number of nitrogens with zero attached hydrogens (tertiary/aromatic N) is 3. The maximum atomic E-state index is 12.8. The highest BCUT2D eigenvalue weighted by Crippen LogP contribution is 2.31. The first kappa shape index (κ1) is 20.7. The molecular weight excluding hydrogens is 370 g/mol. The highest BCUT2D eigenvalue weighted by Gasteiger charge is 2.36. The van der Waals surface area contributed by atoms with Gasteiger partial charge in [-0.1, -0.05) is 12.1 Å². The summed E-state index contributed by atoms with van der Waals surface area (Å²) in [6.45, 7) is 0.529. The maximum Gasteiger partial charge on any atom is 0.249 e. The van der Waals surface area contributed by atoms with Crippen LogP contribution in [0.5, 0.6) is 5.75 Å². The van der Waals surface area contributed by atoms with Crippen molar-refractivity contribution in [3.05, 3.63) is 42.2 Å². The smallest absolute Gasteiger partial charge is 0.249 e. The Morgan fingerprint density at radius 1 is 1.37 bits per heavy atom. The highest BCUT2D eigenvalue weighted by atomic mass is 35.5. The van der Waals surface area contributed by atoms with Crippen molar-refractivity contribution in [2.75, 3.05) is 25.6 Å². The third-order valence-corrected chi connectivity index (χ3v) is 4.51. The van der Waals surface area contributed by atoms with Crippen LogP contribution in [0.1, 0.15) is 18.0 Å². The van der Waals surface area contributed by atoms with Crippen molar-refractivity contribution in [3.8, 4) is 5.75 Å². The fraction of sp³-hybridized carbons (Fsp3) is 0.389. The van der Waals surface area contributed by atoms with Crippen LogP contribution in [0.2, 0.25) is 0 Å². The van der Waals surface area contributed by atoms with Crippen molar-refractivity contribution in [1.82, 2.24) is 20.4 Å². The number of rotatable bonds is 6. The normalized spacial score (nSPS) is 17.4. The fourth-order valence-corrected chi connectivity index (χ4v) is 3.20. The lowest BCUT2D eigenvalue weighted by Crippen LogP contribution is -2.45. The van der Waals surface area contributed by atoms with E-state index < -0.39 is 12.1 Å². The minimum absolute atomic E-state index is 0. The van der Waals surface area contributed by atoms with E-state index in [1.54, 1.807) is 43.2 Å². The molecule has 2 heterocycles. The summed E-state index contributed by atoms with van der Waals surface area (Å²) < 4.78 is 6.97. The SMILES string of the molecule is CNC(C(=O)NC1CCN(c2ccccc2OC)C1=O)c1cnn(C)c1.Cl. The Morgan fingerprint density at radius 3 is 2.74 bits per heavy atom. The van der Waals surface area contributed by atoms with Crippen LogP contribution in [-0.4, -0.2) is 48.3 Å². The Kier molecular flexibility index (Phi) is 6.81. The van der Waals surface area contributed by atoms with Crippen LogP contribution < -0.4 is 20.3 Å². The van der Waals surface area contributed by atoms with Gasteiger partial charge in [-0.2, -0.15) is 5.10 Å². The average Bonchev–Trinajstić information content (AvgIpc) is 3.22. The lowest BCUT2D eigenvalue weighted by Gasteiger charge is -2.21. The number of methoxy groups -OCH3 is 1. The van der Waals surface area contributed by atoms with Crippen LogP contribution in [0.4, 0.5) is 5.69 Å². The molecule has 1 aliphatic rings. The number of carbonyl (C=O) groups excluding carboxylic acids is 2. The van der Waals surface area contributed by atoms with E-state index in [0.29, 0.717) is 24.4 Å². The van der Waals surface area contributed by atoms with E-state index in [0.717, 1.165) is 5.56 Å². The van der Waals surface area contributed by atoms with Crippen molar-refractivity contribution >= 4 is 29.9 Å². The van der Waals surface area contributed by atoms with Gasteiger partial charge in [0.15, 0.2) is 0 Å². The van der Waals surface area contributed by atoms with Gasteiger partial charge in [0.2, 0.25) is 11.8 Å². The topological polar surface area (TPSA) is 88.5 Å². The number of benzene rings is 1. The molecule has 2 N–H and O–H groups in total. The number of anilines is 1. The highest BCUT2D eigenvalue weighted by molar-refractivity contribution is 6.02. The number of aromatic nitrogens is 2. The molecule has 27 heavy (non-hydrogen) atoms. The molecule has 0 aliphatic carbocycles. The second kappa shape index (κ2) is 8.88. The Labute approximate surface area is 164 Å². The summed E-state index contributed by atoms with van der Waals surface area (Å²) in [7, 11) is 5.07. The van der Waals surface area contributed by atoms with Gasteiger partial charge < -0.3 is 20.3 Å². The molecule has 1 aliphatic heterocycles. The van der Waals surface area contributed by atoms with Crippen LogP contribution >= 0.6 is 12.4 Å². The van der Waals surface area contributed by atoms with Gasteiger partial charge in [0.25, 0.3) is 0 Å². The number of aryl methyl sites for hydroxylation is 1. The molecule has 2 unspecified atom stereocenters. The van der Waals surface area contributed by atoms with Gasteiger partial charge in [-0.15, -0.1) is 12.4 Å². The average molecular weight is 394 g/mol. The monoisotopic (exact) mass is 393 g/mol. The van der Waals surface area contributed by atoms with Crippen molar-refractivity contribution in [3.63, 3.8) is 0 Å². The van der Waals surface area contributed by atoms with Crippen LogP contribution in [0.3, 0.4) is 0 Å². The standard InChI is InChI=1S/C18H23N5O3.ClH/c1-19-16(12-10-20-22(2)11-12)17(24)21-13-8-9-23(18(13)25)14-6-4-5-7-15(14)26-3;/h4-7,10-11,13,16,19H,8-9H2,1-3H3,(H,21,24);1H. The molecule has 1 aromatic heterocycles. The predicted molar refractivity (Wildman–Crippen MR) is 104 cm³/mol. The zero-order valence-corrected chi connectivity index (χ0v) is 16.3. The van der Waals surface area contributed by atoms with Gasteiger partial charge in [0, 0.05) is 25.4 Å². The minimum atomic E-state index is -0.559. The Hall–Kier alpha value is -2.58. The molecule has 1 aromatic carbocycles. The van der Waals surface area contributed by atoms with Crippen LogP contribution in [0, 0.1) is 0 Å². The largest absolute Gasteiger partial charge is 0.495 e. The molecule has 2 aromatic rings. The summed E-state index contributed by atoms with van der Waals surface area (Å²) in [5.41, 5.74) is 1.47. The molecule has 0 radical (unpaired) electrons. The van der Waals surface area contributed by atoms with E-state index in [9.17, 15) is 9.59 Å². The Bertz CT molecular complexity index is 810. The fourth-order valence-electron chi connectivity index (χ4n) is 3.20. The van der Waals surface area contributed by atoms with Crippen molar-refractivity contribution in [1.29, 1.82) is 0 Å². The molecule has 0 spiro atoms. The number of nitrogens with one attached hydrogen (secondary N) is 2. The van der Waals surface area contributed by atoms with Gasteiger partial charge in [-0.05, 0) is 25.6 Å². The molecule has 9 heteroatoms. The number of halogens is 1. The number of ether oxygens (including phenoxy) is 1. The molecule has 146 valence electrons. The van der Waals surface area contributed by atoms with E-state index in [2.05, 4.69) is 15.7 Å². The summed E-state index contributed by atoms with van der Waals surface area (Å²) in [5, 5.41) is 9.92. The molecule has 1 fully saturated rings. The van der Waals surface area contributed by atoms with Crippen molar-refractivity contribution in [2.45, 2.75) is 18.5 Å². The van der Waals surface area contributed by atoms with Gasteiger partial charge in [-0.3, -0.25) is 14.3 Å². The van der Waals surface area contributed by atoms with Gasteiger partial charge in [0.1, 0.15) is 17.8 Å². The van der Waals surface area contributed by atoms with E-state index in [1.165, 1.54) is 0 Å². The van der Waals surface area contributed by atoms with Crippen LogP contribution in [0.25, 0.3) is 0 Å². The lowest BCUT2D eigenvalue weighted by atomic mass is 10.1. The second-order valence-corrected chi connectivity index (χ2v) is 6.18. The maximum absolute atomic E-state index is 12.8. The molecule has 2 amide bonds. The first-order chi connectivity index (χ1) is 12.5. The van der Waals surface area contributed by atoms with E-state index in [-0.39, 0.29) is 24.2 Å². The van der Waals surface area contributed by atoms with Crippen LogP contribution in [-0.2, 0) is 16.6 Å². The number of hydrogen-bond donors (Lipinski definition) is 2. The molecule has 1 saturated heterocycles. The summed E-state index contributed by atoms with van der Waals surface area (Å²) in [5.74, 6) is 0.251. The number of likely N-dealkylation sites (N-methyl/N-ethyl adjacent to an activating group) is 1. The number of amides is 2. The quantitative estimate of drug-likeness (QED) is 0.765. The Balaban J connectivity index is 0.00000261. The number of hydrogen-bond acceptors (Lipinski definition) is 5. The molecule has 8 nitrogen and oxygen atoms in total.